The van der Waals surface area contributed by atoms with Gasteiger partial charge in [0.15, 0.2) is 0 Å². The van der Waals surface area contributed by atoms with Gasteiger partial charge in [0.25, 0.3) is 0 Å². The van der Waals surface area contributed by atoms with Crippen LogP contribution in [-0.4, -0.2) is 56.1 Å². The average Bonchev–Trinajstić information content (AvgIpc) is 2.52. The zero-order valence-corrected chi connectivity index (χ0v) is 15.8. The van der Waals surface area contributed by atoms with Gasteiger partial charge in [0.05, 0.1) is 5.75 Å². The summed E-state index contributed by atoms with van der Waals surface area (Å²) in [6, 6.07) is 5.56. The maximum atomic E-state index is 12.2. The van der Waals surface area contributed by atoms with Crippen molar-refractivity contribution in [1.82, 2.24) is 9.21 Å². The topological polar surface area (TPSA) is 40.6 Å². The molecule has 0 saturated carbocycles. The third kappa shape index (κ3) is 5.61. The molecule has 0 bridgehead atoms. The lowest BCUT2D eigenvalue weighted by atomic mass is 10.1. The van der Waals surface area contributed by atoms with Crippen molar-refractivity contribution in [2.75, 3.05) is 38.5 Å². The van der Waals surface area contributed by atoms with Gasteiger partial charge in [-0.2, -0.15) is 4.31 Å². The SMILES string of the molecule is CCCCS(=O)(=O)N1CCN(CCc2ccc(Cl)cc2Cl)CC1. The standard InChI is InChI=1S/C16H24Cl2N2O2S/c1-2-3-12-23(21,22)20-10-8-19(9-11-20)7-6-14-4-5-15(17)13-16(14)18/h4-5,13H,2-3,6-12H2,1H3. The van der Waals surface area contributed by atoms with E-state index in [1.807, 2.05) is 19.1 Å². The zero-order valence-electron chi connectivity index (χ0n) is 13.5. The smallest absolute Gasteiger partial charge is 0.214 e. The first kappa shape index (κ1) is 19.0. The van der Waals surface area contributed by atoms with Crippen molar-refractivity contribution in [3.05, 3.63) is 33.8 Å². The van der Waals surface area contributed by atoms with Crippen molar-refractivity contribution >= 4 is 33.2 Å². The Morgan fingerprint density at radius 1 is 1.13 bits per heavy atom. The molecule has 4 nitrogen and oxygen atoms in total. The molecular formula is C16H24Cl2N2O2S. The molecule has 1 heterocycles. The molecule has 2 rings (SSSR count). The van der Waals surface area contributed by atoms with Gasteiger partial charge >= 0.3 is 0 Å². The van der Waals surface area contributed by atoms with Gasteiger partial charge in [-0.25, -0.2) is 8.42 Å². The summed E-state index contributed by atoms with van der Waals surface area (Å²) < 4.78 is 26.0. The number of unbranched alkanes of at least 4 members (excludes halogenated alkanes) is 1. The van der Waals surface area contributed by atoms with Crippen LogP contribution in [0.3, 0.4) is 0 Å². The summed E-state index contributed by atoms with van der Waals surface area (Å²) in [6.07, 6.45) is 2.48. The highest BCUT2D eigenvalue weighted by molar-refractivity contribution is 7.89. The van der Waals surface area contributed by atoms with Crippen LogP contribution in [0.2, 0.25) is 10.0 Å². The fraction of sp³-hybridized carbons (Fsp3) is 0.625. The Bertz CT molecular complexity index is 615. The first-order chi connectivity index (χ1) is 10.9. The fourth-order valence-electron chi connectivity index (χ4n) is 2.69. The molecule has 23 heavy (non-hydrogen) atoms. The van der Waals surface area contributed by atoms with E-state index >= 15 is 0 Å². The largest absolute Gasteiger partial charge is 0.300 e. The number of nitrogens with zero attached hydrogens (tertiary/aromatic N) is 2. The second kappa shape index (κ2) is 8.67. The van der Waals surface area contributed by atoms with Crippen molar-refractivity contribution in [2.45, 2.75) is 26.2 Å². The molecule has 0 atom stereocenters. The Kier molecular flexibility index (Phi) is 7.17. The Morgan fingerprint density at radius 2 is 1.83 bits per heavy atom. The van der Waals surface area contributed by atoms with Crippen LogP contribution in [0, 0.1) is 0 Å². The highest BCUT2D eigenvalue weighted by Crippen LogP contribution is 2.21. The summed E-state index contributed by atoms with van der Waals surface area (Å²) in [4.78, 5) is 2.29. The van der Waals surface area contributed by atoms with E-state index in [1.54, 1.807) is 10.4 Å². The molecule has 1 aliphatic rings. The highest BCUT2D eigenvalue weighted by atomic mass is 35.5. The summed E-state index contributed by atoms with van der Waals surface area (Å²) in [7, 11) is -3.08. The molecular weight excluding hydrogens is 355 g/mol. The van der Waals surface area contributed by atoms with Crippen LogP contribution < -0.4 is 0 Å². The van der Waals surface area contributed by atoms with Crippen LogP contribution in [-0.2, 0) is 16.4 Å². The van der Waals surface area contributed by atoms with Gasteiger partial charge in [0.2, 0.25) is 10.0 Å². The Labute approximate surface area is 149 Å². The summed E-state index contributed by atoms with van der Waals surface area (Å²) in [5.74, 6) is 0.268. The molecule has 1 aromatic carbocycles. The number of piperazine rings is 1. The molecule has 1 fully saturated rings. The van der Waals surface area contributed by atoms with E-state index < -0.39 is 10.0 Å². The van der Waals surface area contributed by atoms with E-state index in [1.165, 1.54) is 0 Å². The van der Waals surface area contributed by atoms with Gasteiger partial charge in [-0.15, -0.1) is 0 Å². The minimum Gasteiger partial charge on any atom is -0.300 e. The van der Waals surface area contributed by atoms with Crippen LogP contribution in [0.1, 0.15) is 25.3 Å². The molecule has 0 amide bonds. The number of halogens is 2. The van der Waals surface area contributed by atoms with Gasteiger partial charge in [-0.3, -0.25) is 0 Å². The normalized spacial score (nSPS) is 17.5. The maximum absolute atomic E-state index is 12.2. The van der Waals surface area contributed by atoms with Crippen LogP contribution in [0.4, 0.5) is 0 Å². The molecule has 0 spiro atoms. The number of hydrogen-bond acceptors (Lipinski definition) is 3. The van der Waals surface area contributed by atoms with Crippen molar-refractivity contribution in [3.8, 4) is 0 Å². The third-order valence-electron chi connectivity index (χ3n) is 4.19. The number of benzene rings is 1. The number of rotatable bonds is 7. The molecule has 130 valence electrons. The Balaban J connectivity index is 1.81. The minimum atomic E-state index is -3.08. The van der Waals surface area contributed by atoms with Gasteiger partial charge in [0, 0.05) is 42.8 Å². The second-order valence-corrected chi connectivity index (χ2v) is 8.83. The Morgan fingerprint density at radius 3 is 2.43 bits per heavy atom. The number of sulfonamides is 1. The van der Waals surface area contributed by atoms with E-state index in [2.05, 4.69) is 4.90 Å². The predicted molar refractivity (Wildman–Crippen MR) is 96.9 cm³/mol. The first-order valence-electron chi connectivity index (χ1n) is 8.06. The predicted octanol–water partition coefficient (Wildman–Crippen LogP) is 3.28. The molecule has 0 aromatic heterocycles. The highest BCUT2D eigenvalue weighted by Gasteiger charge is 2.26. The summed E-state index contributed by atoms with van der Waals surface area (Å²) in [5.41, 5.74) is 1.08. The average molecular weight is 379 g/mol. The second-order valence-electron chi connectivity index (χ2n) is 5.90. The van der Waals surface area contributed by atoms with Gasteiger partial charge in [0.1, 0.15) is 0 Å². The van der Waals surface area contributed by atoms with Gasteiger partial charge in [-0.1, -0.05) is 42.6 Å². The Hall–Kier alpha value is -0.330. The zero-order chi connectivity index (χ0) is 16.9. The molecule has 0 radical (unpaired) electrons. The molecule has 1 aliphatic heterocycles. The summed E-state index contributed by atoms with van der Waals surface area (Å²) in [6.45, 7) is 5.60. The lowest BCUT2D eigenvalue weighted by Gasteiger charge is -2.34. The van der Waals surface area contributed by atoms with Crippen molar-refractivity contribution in [3.63, 3.8) is 0 Å². The van der Waals surface area contributed by atoms with Crippen molar-refractivity contribution in [2.24, 2.45) is 0 Å². The lowest BCUT2D eigenvalue weighted by Crippen LogP contribution is -2.49. The molecule has 0 N–H and O–H groups in total. The lowest BCUT2D eigenvalue weighted by molar-refractivity contribution is 0.190. The van der Waals surface area contributed by atoms with Gasteiger partial charge in [-0.05, 0) is 30.5 Å². The van der Waals surface area contributed by atoms with E-state index in [0.29, 0.717) is 23.1 Å². The minimum absolute atomic E-state index is 0.268. The van der Waals surface area contributed by atoms with Crippen LogP contribution >= 0.6 is 23.2 Å². The van der Waals surface area contributed by atoms with Crippen LogP contribution in [0.5, 0.6) is 0 Å². The monoisotopic (exact) mass is 378 g/mol. The van der Waals surface area contributed by atoms with Gasteiger partial charge < -0.3 is 4.90 Å². The summed E-state index contributed by atoms with van der Waals surface area (Å²) in [5, 5.41) is 1.34. The van der Waals surface area contributed by atoms with Crippen molar-refractivity contribution < 1.29 is 8.42 Å². The molecule has 7 heteroatoms. The van der Waals surface area contributed by atoms with E-state index in [-0.39, 0.29) is 5.75 Å². The molecule has 1 saturated heterocycles. The van der Waals surface area contributed by atoms with Crippen LogP contribution in [0.15, 0.2) is 18.2 Å². The van der Waals surface area contributed by atoms with Crippen molar-refractivity contribution in [1.29, 1.82) is 0 Å². The van der Waals surface area contributed by atoms with E-state index in [0.717, 1.165) is 44.5 Å². The van der Waals surface area contributed by atoms with Crippen LogP contribution in [0.25, 0.3) is 0 Å². The number of hydrogen-bond donors (Lipinski definition) is 0. The third-order valence-corrected chi connectivity index (χ3v) is 6.74. The molecule has 0 unspecified atom stereocenters. The maximum Gasteiger partial charge on any atom is 0.214 e. The summed E-state index contributed by atoms with van der Waals surface area (Å²) >= 11 is 12.1. The molecule has 1 aromatic rings. The van der Waals surface area contributed by atoms with E-state index in [9.17, 15) is 8.42 Å². The fourth-order valence-corrected chi connectivity index (χ4v) is 4.82. The quantitative estimate of drug-likeness (QED) is 0.730. The molecule has 0 aliphatic carbocycles. The first-order valence-corrected chi connectivity index (χ1v) is 10.4. The van der Waals surface area contributed by atoms with E-state index in [4.69, 9.17) is 23.2 Å².